The number of rotatable bonds is 8. The van der Waals surface area contributed by atoms with Crippen LogP contribution in [-0.4, -0.2) is 35.0 Å². The van der Waals surface area contributed by atoms with E-state index in [1.807, 2.05) is 53.6 Å². The minimum atomic E-state index is -4.45. The van der Waals surface area contributed by atoms with Gasteiger partial charge in [0.25, 0.3) is 0 Å². The molecule has 2 atom stereocenters. The van der Waals surface area contributed by atoms with Gasteiger partial charge in [-0.1, -0.05) is 23.7 Å². The normalized spacial score (nSPS) is 17.1. The predicted molar refractivity (Wildman–Crippen MR) is 157 cm³/mol. The summed E-state index contributed by atoms with van der Waals surface area (Å²) in [6.07, 6.45) is -2.73. The summed E-state index contributed by atoms with van der Waals surface area (Å²) in [5, 5.41) is 4.30. The molecule has 5 rings (SSSR count). The molecule has 0 radical (unpaired) electrons. The monoisotopic (exact) mass is 600 g/mol. The van der Waals surface area contributed by atoms with Gasteiger partial charge in [-0.3, -0.25) is 4.98 Å². The zero-order valence-electron chi connectivity index (χ0n) is 22.6. The van der Waals surface area contributed by atoms with E-state index in [9.17, 15) is 13.2 Å². The number of thiocarbonyl (C=S) groups is 1. The lowest BCUT2D eigenvalue weighted by atomic mass is 9.96. The zero-order valence-corrected chi connectivity index (χ0v) is 24.1. The standard InChI is InChI=1S/C30H28ClF3N4O2S/c1-18-15-23(19(2)37(18)21-8-6-7-20(16-21)30(32,33)34)28-27(25-9-4-5-12-35-25)36-29(41)38(28)22-10-11-26(24(31)17-22)40-14-13-39-3/h4-12,15-17,27-28H,13-14H2,1-3H3,(H,36,41)/t27-,28+/m1/s1. The number of hydrogen-bond donors (Lipinski definition) is 1. The second kappa shape index (κ2) is 11.7. The van der Waals surface area contributed by atoms with Crippen molar-refractivity contribution in [2.45, 2.75) is 32.1 Å². The van der Waals surface area contributed by atoms with Crippen LogP contribution in [0.1, 0.15) is 40.3 Å². The molecule has 4 aromatic rings. The Bertz CT molecular complexity index is 1560. The summed E-state index contributed by atoms with van der Waals surface area (Å²) in [5.41, 5.74) is 3.69. The van der Waals surface area contributed by atoms with Crippen molar-refractivity contribution in [2.24, 2.45) is 0 Å². The van der Waals surface area contributed by atoms with Gasteiger partial charge in [-0.05, 0) is 86.2 Å². The Balaban J connectivity index is 1.61. The lowest BCUT2D eigenvalue weighted by Gasteiger charge is -2.28. The van der Waals surface area contributed by atoms with Crippen LogP contribution >= 0.6 is 23.8 Å². The fourth-order valence-electron chi connectivity index (χ4n) is 5.25. The molecule has 11 heteroatoms. The molecule has 0 unspecified atom stereocenters. The molecule has 3 heterocycles. The molecule has 0 saturated carbocycles. The molecule has 1 aliphatic heterocycles. The number of nitrogens with zero attached hydrogens (tertiary/aromatic N) is 3. The van der Waals surface area contributed by atoms with E-state index in [-0.39, 0.29) is 12.1 Å². The molecule has 6 nitrogen and oxygen atoms in total. The first-order valence-electron chi connectivity index (χ1n) is 12.9. The number of hydrogen-bond acceptors (Lipinski definition) is 4. The maximum absolute atomic E-state index is 13.5. The van der Waals surface area contributed by atoms with Gasteiger partial charge in [0, 0.05) is 36.1 Å². The van der Waals surface area contributed by atoms with E-state index in [1.54, 1.807) is 31.5 Å². The minimum absolute atomic E-state index is 0.337. The summed E-state index contributed by atoms with van der Waals surface area (Å²) >= 11 is 12.4. The van der Waals surface area contributed by atoms with Gasteiger partial charge >= 0.3 is 6.18 Å². The van der Waals surface area contributed by atoms with Crippen LogP contribution in [0, 0.1) is 13.8 Å². The zero-order chi connectivity index (χ0) is 29.3. The van der Waals surface area contributed by atoms with Gasteiger partial charge in [0.15, 0.2) is 5.11 Å². The number of anilines is 1. The van der Waals surface area contributed by atoms with Gasteiger partial charge < -0.3 is 24.3 Å². The predicted octanol–water partition coefficient (Wildman–Crippen LogP) is 7.36. The number of ether oxygens (including phenoxy) is 2. The van der Waals surface area contributed by atoms with Crippen molar-refractivity contribution < 1.29 is 22.6 Å². The molecule has 41 heavy (non-hydrogen) atoms. The van der Waals surface area contributed by atoms with E-state index >= 15 is 0 Å². The smallest absolute Gasteiger partial charge is 0.416 e. The third-order valence-corrected chi connectivity index (χ3v) is 7.67. The number of aryl methyl sites for hydroxylation is 1. The van der Waals surface area contributed by atoms with Crippen LogP contribution in [0.2, 0.25) is 5.02 Å². The van der Waals surface area contributed by atoms with Crippen molar-refractivity contribution >= 4 is 34.6 Å². The topological polar surface area (TPSA) is 51.6 Å². The van der Waals surface area contributed by atoms with E-state index < -0.39 is 11.7 Å². The molecule has 0 spiro atoms. The molecular formula is C30H28ClF3N4O2S. The quantitative estimate of drug-likeness (QED) is 0.168. The Morgan fingerprint density at radius 1 is 1.00 bits per heavy atom. The molecule has 0 amide bonds. The van der Waals surface area contributed by atoms with Crippen LogP contribution in [0.3, 0.4) is 0 Å². The maximum atomic E-state index is 13.5. The fraction of sp³-hybridized carbons (Fsp3) is 0.267. The first kappa shape index (κ1) is 28.9. The number of benzene rings is 2. The largest absolute Gasteiger partial charge is 0.490 e. The molecule has 214 valence electrons. The second-order valence-electron chi connectivity index (χ2n) is 9.66. The van der Waals surface area contributed by atoms with Crippen LogP contribution in [0.4, 0.5) is 18.9 Å². The highest BCUT2D eigenvalue weighted by molar-refractivity contribution is 7.80. The number of aromatic nitrogens is 2. The van der Waals surface area contributed by atoms with Gasteiger partial charge in [-0.2, -0.15) is 13.2 Å². The van der Waals surface area contributed by atoms with Crippen LogP contribution in [0.15, 0.2) is 72.9 Å². The molecule has 0 bridgehead atoms. The third kappa shape index (κ3) is 5.77. The maximum Gasteiger partial charge on any atom is 0.416 e. The summed E-state index contributed by atoms with van der Waals surface area (Å²) < 4.78 is 53.2. The van der Waals surface area contributed by atoms with Crippen molar-refractivity contribution in [3.8, 4) is 11.4 Å². The van der Waals surface area contributed by atoms with Crippen molar-refractivity contribution in [3.05, 3.63) is 106 Å². The van der Waals surface area contributed by atoms with Gasteiger partial charge in [-0.15, -0.1) is 0 Å². The highest BCUT2D eigenvalue weighted by atomic mass is 35.5. The van der Waals surface area contributed by atoms with E-state index in [1.165, 1.54) is 6.07 Å². The number of pyridine rings is 1. The number of alkyl halides is 3. The van der Waals surface area contributed by atoms with Crippen molar-refractivity contribution in [1.29, 1.82) is 0 Å². The van der Waals surface area contributed by atoms with Crippen LogP contribution < -0.4 is 15.0 Å². The van der Waals surface area contributed by atoms with E-state index in [0.717, 1.165) is 40.5 Å². The highest BCUT2D eigenvalue weighted by Crippen LogP contribution is 2.45. The lowest BCUT2D eigenvalue weighted by Crippen LogP contribution is -2.29. The Morgan fingerprint density at radius 3 is 2.49 bits per heavy atom. The molecule has 1 N–H and O–H groups in total. The number of halogens is 4. The molecule has 1 aliphatic rings. The van der Waals surface area contributed by atoms with E-state index in [2.05, 4.69) is 10.3 Å². The first-order chi connectivity index (χ1) is 19.6. The van der Waals surface area contributed by atoms with Gasteiger partial charge in [-0.25, -0.2) is 0 Å². The molecular weight excluding hydrogens is 573 g/mol. The fourth-order valence-corrected chi connectivity index (χ4v) is 5.82. The summed E-state index contributed by atoms with van der Waals surface area (Å²) in [7, 11) is 1.59. The second-order valence-corrected chi connectivity index (χ2v) is 10.5. The Labute approximate surface area is 246 Å². The van der Waals surface area contributed by atoms with Crippen molar-refractivity contribution in [1.82, 2.24) is 14.9 Å². The average Bonchev–Trinajstić information content (AvgIpc) is 3.44. The molecule has 1 fully saturated rings. The highest BCUT2D eigenvalue weighted by Gasteiger charge is 2.42. The number of methoxy groups -OCH3 is 1. The van der Waals surface area contributed by atoms with Crippen molar-refractivity contribution in [2.75, 3.05) is 25.2 Å². The van der Waals surface area contributed by atoms with Crippen molar-refractivity contribution in [3.63, 3.8) is 0 Å². The Hall–Kier alpha value is -3.60. The summed E-state index contributed by atoms with van der Waals surface area (Å²) in [6.45, 7) is 4.55. The summed E-state index contributed by atoms with van der Waals surface area (Å²) in [6, 6.07) is 17.7. The average molecular weight is 601 g/mol. The first-order valence-corrected chi connectivity index (χ1v) is 13.7. The van der Waals surface area contributed by atoms with Gasteiger partial charge in [0.05, 0.1) is 35.0 Å². The van der Waals surface area contributed by atoms with Crippen LogP contribution in [0.25, 0.3) is 5.69 Å². The minimum Gasteiger partial charge on any atom is -0.490 e. The van der Waals surface area contributed by atoms with Crippen LogP contribution in [0.5, 0.6) is 5.75 Å². The summed E-state index contributed by atoms with van der Waals surface area (Å²) in [4.78, 5) is 6.56. The third-order valence-electron chi connectivity index (χ3n) is 7.06. The summed E-state index contributed by atoms with van der Waals surface area (Å²) in [5.74, 6) is 0.520. The van der Waals surface area contributed by atoms with Crippen LogP contribution in [-0.2, 0) is 10.9 Å². The number of nitrogens with one attached hydrogen (secondary N) is 1. The van der Waals surface area contributed by atoms with E-state index in [4.69, 9.17) is 33.3 Å². The molecule has 2 aromatic carbocycles. The molecule has 2 aromatic heterocycles. The van der Waals surface area contributed by atoms with E-state index in [0.29, 0.717) is 34.8 Å². The van der Waals surface area contributed by atoms with Gasteiger partial charge in [0.1, 0.15) is 12.4 Å². The molecule has 1 saturated heterocycles. The Kier molecular flexibility index (Phi) is 8.26. The lowest BCUT2D eigenvalue weighted by molar-refractivity contribution is -0.137. The molecule has 0 aliphatic carbocycles. The van der Waals surface area contributed by atoms with Gasteiger partial charge in [0.2, 0.25) is 0 Å². The Morgan fingerprint density at radius 2 is 1.80 bits per heavy atom. The SMILES string of the molecule is COCCOc1ccc(N2C(=S)N[C@H](c3ccccn3)[C@@H]2c2cc(C)n(-c3cccc(C(F)(F)F)c3)c2C)cc1Cl.